The van der Waals surface area contributed by atoms with E-state index in [9.17, 15) is 0 Å². The third-order valence-corrected chi connectivity index (χ3v) is 1.97. The normalized spacial score (nSPS) is 22.5. The molecule has 12 heavy (non-hydrogen) atoms. The fourth-order valence-corrected chi connectivity index (χ4v) is 1.23. The zero-order valence-electron chi connectivity index (χ0n) is 7.13. The smallest absolute Gasteiger partial charge is 0.0602 e. The standard InChI is InChI=1S/C10H14ClO/c1-9-2-4-10(5-3-9)8-12-7-6-11/h2-4,10H,1,5-8H2. The van der Waals surface area contributed by atoms with Crippen LogP contribution < -0.4 is 0 Å². The van der Waals surface area contributed by atoms with Gasteiger partial charge in [0.05, 0.1) is 13.2 Å². The SMILES string of the molecule is [CH2]C1=CCC(COCCCl)C=C1. The van der Waals surface area contributed by atoms with Crippen molar-refractivity contribution >= 4 is 11.6 Å². The van der Waals surface area contributed by atoms with Crippen LogP contribution in [0.3, 0.4) is 0 Å². The molecule has 0 N–H and O–H groups in total. The van der Waals surface area contributed by atoms with E-state index in [1.807, 2.05) is 6.08 Å². The van der Waals surface area contributed by atoms with Crippen molar-refractivity contribution in [2.45, 2.75) is 6.42 Å². The number of alkyl halides is 1. The van der Waals surface area contributed by atoms with Gasteiger partial charge in [-0.1, -0.05) is 23.8 Å². The molecule has 0 spiro atoms. The van der Waals surface area contributed by atoms with E-state index in [1.54, 1.807) is 0 Å². The molecule has 0 saturated heterocycles. The quantitative estimate of drug-likeness (QED) is 0.483. The summed E-state index contributed by atoms with van der Waals surface area (Å²) < 4.78 is 5.32. The molecule has 1 atom stereocenters. The highest BCUT2D eigenvalue weighted by atomic mass is 35.5. The largest absolute Gasteiger partial charge is 0.380 e. The lowest BCUT2D eigenvalue weighted by Crippen LogP contribution is -2.09. The number of hydrogen-bond donors (Lipinski definition) is 0. The molecule has 1 unspecified atom stereocenters. The fourth-order valence-electron chi connectivity index (χ4n) is 1.12. The summed E-state index contributed by atoms with van der Waals surface area (Å²) in [4.78, 5) is 0. The minimum absolute atomic E-state index is 0.513. The highest BCUT2D eigenvalue weighted by Crippen LogP contribution is 2.15. The van der Waals surface area contributed by atoms with E-state index in [-0.39, 0.29) is 0 Å². The van der Waals surface area contributed by atoms with Crippen molar-refractivity contribution in [3.05, 3.63) is 30.7 Å². The summed E-state index contributed by atoms with van der Waals surface area (Å²) >= 11 is 5.48. The van der Waals surface area contributed by atoms with Gasteiger partial charge in [0.15, 0.2) is 0 Å². The van der Waals surface area contributed by atoms with Crippen LogP contribution >= 0.6 is 11.6 Å². The average molecular weight is 186 g/mol. The van der Waals surface area contributed by atoms with Crippen LogP contribution in [0.15, 0.2) is 23.8 Å². The van der Waals surface area contributed by atoms with Gasteiger partial charge >= 0.3 is 0 Å². The Kier molecular flexibility index (Phi) is 4.41. The first-order valence-electron chi connectivity index (χ1n) is 4.17. The minimum Gasteiger partial charge on any atom is -0.380 e. The Balaban J connectivity index is 2.16. The van der Waals surface area contributed by atoms with Gasteiger partial charge in [0.25, 0.3) is 0 Å². The van der Waals surface area contributed by atoms with Crippen molar-refractivity contribution < 1.29 is 4.74 Å². The summed E-state index contributed by atoms with van der Waals surface area (Å²) in [6.07, 6.45) is 7.36. The monoisotopic (exact) mass is 185 g/mol. The number of ether oxygens (including phenoxy) is 1. The topological polar surface area (TPSA) is 9.23 Å². The van der Waals surface area contributed by atoms with E-state index in [1.165, 1.54) is 0 Å². The second kappa shape index (κ2) is 5.39. The van der Waals surface area contributed by atoms with Gasteiger partial charge in [-0.25, -0.2) is 0 Å². The van der Waals surface area contributed by atoms with Crippen molar-refractivity contribution in [3.8, 4) is 0 Å². The number of halogens is 1. The van der Waals surface area contributed by atoms with Crippen LogP contribution in [-0.2, 0) is 4.74 Å². The molecule has 0 aromatic carbocycles. The summed E-state index contributed by atoms with van der Waals surface area (Å²) in [5.41, 5.74) is 1.10. The van der Waals surface area contributed by atoms with Crippen LogP contribution in [0.4, 0.5) is 0 Å². The Labute approximate surface area is 79.1 Å². The summed E-state index contributed by atoms with van der Waals surface area (Å²) in [6.45, 7) is 5.26. The van der Waals surface area contributed by atoms with Gasteiger partial charge in [-0.3, -0.25) is 0 Å². The average Bonchev–Trinajstić information content (AvgIpc) is 2.09. The third-order valence-electron chi connectivity index (χ3n) is 1.82. The zero-order chi connectivity index (χ0) is 8.81. The Hall–Kier alpha value is -0.270. The van der Waals surface area contributed by atoms with Crippen LogP contribution in [-0.4, -0.2) is 19.1 Å². The van der Waals surface area contributed by atoms with Crippen molar-refractivity contribution in [2.24, 2.45) is 5.92 Å². The number of allylic oxidation sites excluding steroid dienone is 3. The summed E-state index contributed by atoms with van der Waals surface area (Å²) in [6, 6.07) is 0. The molecule has 0 amide bonds. The Morgan fingerprint density at radius 2 is 2.50 bits per heavy atom. The Bertz CT molecular complexity index is 184. The van der Waals surface area contributed by atoms with Gasteiger partial charge < -0.3 is 4.74 Å². The van der Waals surface area contributed by atoms with Gasteiger partial charge in [-0.2, -0.15) is 0 Å². The van der Waals surface area contributed by atoms with Gasteiger partial charge in [-0.05, 0) is 13.3 Å². The van der Waals surface area contributed by atoms with Crippen LogP contribution in [0.1, 0.15) is 6.42 Å². The highest BCUT2D eigenvalue weighted by molar-refractivity contribution is 6.17. The maximum Gasteiger partial charge on any atom is 0.0602 e. The molecule has 2 heteroatoms. The molecule has 1 aliphatic rings. The predicted octanol–water partition coefficient (Wildman–Crippen LogP) is 2.58. The summed E-state index contributed by atoms with van der Waals surface area (Å²) in [7, 11) is 0. The molecule has 0 saturated carbocycles. The lowest BCUT2D eigenvalue weighted by atomic mass is 9.98. The number of rotatable bonds is 4. The molecule has 1 nitrogen and oxygen atoms in total. The minimum atomic E-state index is 0.513. The molecule has 0 heterocycles. The highest BCUT2D eigenvalue weighted by Gasteiger charge is 2.06. The molecule has 1 radical (unpaired) electrons. The lowest BCUT2D eigenvalue weighted by molar-refractivity contribution is 0.126. The number of hydrogen-bond acceptors (Lipinski definition) is 1. The molecular formula is C10H14ClO. The molecule has 0 aromatic rings. The van der Waals surface area contributed by atoms with Crippen molar-refractivity contribution in [2.75, 3.05) is 19.1 Å². The van der Waals surface area contributed by atoms with Crippen LogP contribution in [0.5, 0.6) is 0 Å². The van der Waals surface area contributed by atoms with E-state index in [0.29, 0.717) is 18.4 Å². The van der Waals surface area contributed by atoms with E-state index in [4.69, 9.17) is 16.3 Å². The van der Waals surface area contributed by atoms with Crippen LogP contribution in [0.25, 0.3) is 0 Å². The Morgan fingerprint density at radius 1 is 1.67 bits per heavy atom. The molecule has 1 rings (SSSR count). The van der Waals surface area contributed by atoms with E-state index in [0.717, 1.165) is 18.6 Å². The Morgan fingerprint density at radius 3 is 3.08 bits per heavy atom. The summed E-state index contributed by atoms with van der Waals surface area (Å²) in [5, 5.41) is 0. The van der Waals surface area contributed by atoms with Crippen molar-refractivity contribution in [3.63, 3.8) is 0 Å². The second-order valence-corrected chi connectivity index (χ2v) is 3.28. The first-order chi connectivity index (χ1) is 5.83. The molecule has 1 aliphatic carbocycles. The van der Waals surface area contributed by atoms with Crippen LogP contribution in [0.2, 0.25) is 0 Å². The molecule has 0 bridgehead atoms. The van der Waals surface area contributed by atoms with Gasteiger partial charge in [0.2, 0.25) is 0 Å². The van der Waals surface area contributed by atoms with Gasteiger partial charge in [-0.15, -0.1) is 11.6 Å². The maximum absolute atomic E-state index is 5.48. The molecular weight excluding hydrogens is 172 g/mol. The zero-order valence-corrected chi connectivity index (χ0v) is 7.89. The fraction of sp³-hybridized carbons (Fsp3) is 0.500. The van der Waals surface area contributed by atoms with Gasteiger partial charge in [0, 0.05) is 11.8 Å². The third kappa shape index (κ3) is 3.42. The molecule has 0 aromatic heterocycles. The molecule has 0 fully saturated rings. The molecule has 67 valence electrons. The van der Waals surface area contributed by atoms with E-state index >= 15 is 0 Å². The first kappa shape index (κ1) is 9.82. The second-order valence-electron chi connectivity index (χ2n) is 2.90. The van der Waals surface area contributed by atoms with E-state index < -0.39 is 0 Å². The van der Waals surface area contributed by atoms with Gasteiger partial charge in [0.1, 0.15) is 0 Å². The van der Waals surface area contributed by atoms with Crippen LogP contribution in [0, 0.1) is 12.8 Å². The summed E-state index contributed by atoms with van der Waals surface area (Å²) in [5.74, 6) is 1.09. The van der Waals surface area contributed by atoms with Crippen molar-refractivity contribution in [1.29, 1.82) is 0 Å². The van der Waals surface area contributed by atoms with E-state index in [2.05, 4.69) is 19.1 Å². The van der Waals surface area contributed by atoms with Crippen molar-refractivity contribution in [1.82, 2.24) is 0 Å². The lowest BCUT2D eigenvalue weighted by Gasteiger charge is -2.14. The first-order valence-corrected chi connectivity index (χ1v) is 4.70. The predicted molar refractivity (Wildman–Crippen MR) is 52.2 cm³/mol. The maximum atomic E-state index is 5.48. The molecule has 0 aliphatic heterocycles.